The number of rotatable bonds is 5. The van der Waals surface area contributed by atoms with E-state index in [1.165, 1.54) is 11.1 Å². The first-order valence-electron chi connectivity index (χ1n) is 7.19. The molecule has 2 aromatic rings. The molecule has 0 radical (unpaired) electrons. The number of halogens is 1. The van der Waals surface area contributed by atoms with Gasteiger partial charge in [-0.1, -0.05) is 54.1 Å². The highest BCUT2D eigenvalue weighted by Crippen LogP contribution is 2.10. The Kier molecular flexibility index (Phi) is 7.09. The normalized spacial score (nSPS) is 11.4. The summed E-state index contributed by atoms with van der Waals surface area (Å²) in [5.74, 6) is -0.112. The molecule has 2 aromatic carbocycles. The van der Waals surface area contributed by atoms with Gasteiger partial charge >= 0.3 is 0 Å². The molecule has 0 spiro atoms. The summed E-state index contributed by atoms with van der Waals surface area (Å²) >= 11 is 0. The standard InChI is InChI=1S/C18H22N2O.ClH/c1-13-8-9-16(14(2)10-13)12-20-18(21)17(19)11-15-6-4-3-5-7-15;/h3-10,17H,11-12,19H2,1-2H3,(H,20,21);1H. The maximum absolute atomic E-state index is 12.1. The van der Waals surface area contributed by atoms with E-state index in [4.69, 9.17) is 5.73 Å². The Bertz CT molecular complexity index is 614. The lowest BCUT2D eigenvalue weighted by molar-refractivity contribution is -0.122. The van der Waals surface area contributed by atoms with Crippen LogP contribution in [0.4, 0.5) is 0 Å². The van der Waals surface area contributed by atoms with Crippen molar-refractivity contribution in [1.82, 2.24) is 5.32 Å². The van der Waals surface area contributed by atoms with Gasteiger partial charge in [0.15, 0.2) is 0 Å². The molecule has 1 amide bonds. The Morgan fingerprint density at radius 3 is 2.45 bits per heavy atom. The van der Waals surface area contributed by atoms with Crippen molar-refractivity contribution in [1.29, 1.82) is 0 Å². The van der Waals surface area contributed by atoms with Crippen LogP contribution in [0.15, 0.2) is 48.5 Å². The fourth-order valence-electron chi connectivity index (χ4n) is 2.32. The van der Waals surface area contributed by atoms with Gasteiger partial charge in [-0.3, -0.25) is 4.79 Å². The van der Waals surface area contributed by atoms with Crippen LogP contribution in [-0.4, -0.2) is 11.9 Å². The second-order valence-electron chi connectivity index (χ2n) is 5.44. The van der Waals surface area contributed by atoms with E-state index in [-0.39, 0.29) is 18.3 Å². The molecule has 0 saturated carbocycles. The molecule has 0 bridgehead atoms. The second-order valence-corrected chi connectivity index (χ2v) is 5.44. The van der Waals surface area contributed by atoms with Crippen LogP contribution >= 0.6 is 12.4 Å². The molecule has 0 saturated heterocycles. The fourth-order valence-corrected chi connectivity index (χ4v) is 2.32. The van der Waals surface area contributed by atoms with Gasteiger partial charge in [-0.15, -0.1) is 12.4 Å². The molecule has 3 nitrogen and oxygen atoms in total. The van der Waals surface area contributed by atoms with E-state index in [2.05, 4.69) is 31.3 Å². The molecular formula is C18H23ClN2O. The zero-order chi connectivity index (χ0) is 15.2. The van der Waals surface area contributed by atoms with Crippen molar-refractivity contribution < 1.29 is 4.79 Å². The minimum absolute atomic E-state index is 0. The number of hydrogen-bond donors (Lipinski definition) is 2. The number of amides is 1. The summed E-state index contributed by atoms with van der Waals surface area (Å²) in [6.45, 7) is 4.64. The van der Waals surface area contributed by atoms with Crippen molar-refractivity contribution >= 4 is 18.3 Å². The van der Waals surface area contributed by atoms with Gasteiger partial charge in [0.05, 0.1) is 6.04 Å². The van der Waals surface area contributed by atoms with Gasteiger partial charge in [-0.05, 0) is 37.0 Å². The molecule has 2 rings (SSSR count). The number of hydrogen-bond acceptors (Lipinski definition) is 2. The van der Waals surface area contributed by atoms with Crippen molar-refractivity contribution in [3.63, 3.8) is 0 Å². The molecule has 1 unspecified atom stereocenters. The largest absolute Gasteiger partial charge is 0.351 e. The number of aryl methyl sites for hydroxylation is 2. The summed E-state index contributed by atoms with van der Waals surface area (Å²) in [4.78, 5) is 12.1. The topological polar surface area (TPSA) is 55.1 Å². The molecule has 22 heavy (non-hydrogen) atoms. The first-order valence-corrected chi connectivity index (χ1v) is 7.19. The molecule has 118 valence electrons. The quantitative estimate of drug-likeness (QED) is 0.890. The third-order valence-corrected chi connectivity index (χ3v) is 3.59. The van der Waals surface area contributed by atoms with Gasteiger partial charge in [-0.2, -0.15) is 0 Å². The lowest BCUT2D eigenvalue weighted by Gasteiger charge is -2.13. The molecule has 0 aromatic heterocycles. The van der Waals surface area contributed by atoms with Crippen LogP contribution in [-0.2, 0) is 17.8 Å². The van der Waals surface area contributed by atoms with Crippen LogP contribution in [0.5, 0.6) is 0 Å². The zero-order valence-electron chi connectivity index (χ0n) is 13.0. The van der Waals surface area contributed by atoms with Gasteiger partial charge in [0.25, 0.3) is 0 Å². The van der Waals surface area contributed by atoms with Gasteiger partial charge < -0.3 is 11.1 Å². The van der Waals surface area contributed by atoms with E-state index in [1.807, 2.05) is 36.4 Å². The van der Waals surface area contributed by atoms with Crippen molar-refractivity contribution in [2.75, 3.05) is 0 Å². The third kappa shape index (κ3) is 5.17. The summed E-state index contributed by atoms with van der Waals surface area (Å²) in [5.41, 5.74) is 10.6. The highest BCUT2D eigenvalue weighted by atomic mass is 35.5. The van der Waals surface area contributed by atoms with Crippen molar-refractivity contribution in [3.05, 3.63) is 70.8 Å². The Morgan fingerprint density at radius 1 is 1.14 bits per heavy atom. The molecular weight excluding hydrogens is 296 g/mol. The lowest BCUT2D eigenvalue weighted by Crippen LogP contribution is -2.41. The highest BCUT2D eigenvalue weighted by Gasteiger charge is 2.13. The molecule has 0 aliphatic rings. The van der Waals surface area contributed by atoms with Crippen molar-refractivity contribution in [2.45, 2.75) is 32.9 Å². The monoisotopic (exact) mass is 318 g/mol. The van der Waals surface area contributed by atoms with Gasteiger partial charge in [-0.25, -0.2) is 0 Å². The van der Waals surface area contributed by atoms with Crippen LogP contribution in [0.25, 0.3) is 0 Å². The van der Waals surface area contributed by atoms with Gasteiger partial charge in [0.1, 0.15) is 0 Å². The lowest BCUT2D eigenvalue weighted by atomic mass is 10.0. The first kappa shape index (κ1) is 18.2. The smallest absolute Gasteiger partial charge is 0.237 e. The third-order valence-electron chi connectivity index (χ3n) is 3.59. The number of nitrogens with one attached hydrogen (secondary N) is 1. The van der Waals surface area contributed by atoms with Crippen LogP contribution in [0.3, 0.4) is 0 Å². The van der Waals surface area contributed by atoms with Gasteiger partial charge in [0, 0.05) is 6.54 Å². The van der Waals surface area contributed by atoms with Gasteiger partial charge in [0.2, 0.25) is 5.91 Å². The maximum atomic E-state index is 12.1. The summed E-state index contributed by atoms with van der Waals surface area (Å²) in [7, 11) is 0. The zero-order valence-corrected chi connectivity index (χ0v) is 13.8. The number of carbonyl (C=O) groups excluding carboxylic acids is 1. The van der Waals surface area contributed by atoms with E-state index in [9.17, 15) is 4.79 Å². The average Bonchev–Trinajstić information content (AvgIpc) is 2.47. The van der Waals surface area contributed by atoms with E-state index >= 15 is 0 Å². The van der Waals surface area contributed by atoms with E-state index in [0.29, 0.717) is 13.0 Å². The van der Waals surface area contributed by atoms with Crippen LogP contribution in [0.2, 0.25) is 0 Å². The second kappa shape index (κ2) is 8.57. The average molecular weight is 319 g/mol. The fraction of sp³-hybridized carbons (Fsp3) is 0.278. The Balaban J connectivity index is 0.00000242. The molecule has 3 N–H and O–H groups in total. The van der Waals surface area contributed by atoms with Crippen molar-refractivity contribution in [3.8, 4) is 0 Å². The van der Waals surface area contributed by atoms with E-state index < -0.39 is 6.04 Å². The summed E-state index contributed by atoms with van der Waals surface area (Å²) in [6.07, 6.45) is 0.555. The molecule has 0 heterocycles. The van der Waals surface area contributed by atoms with Crippen LogP contribution in [0, 0.1) is 13.8 Å². The molecule has 0 aliphatic heterocycles. The van der Waals surface area contributed by atoms with E-state index in [0.717, 1.165) is 11.1 Å². The summed E-state index contributed by atoms with van der Waals surface area (Å²) in [5, 5.41) is 2.92. The molecule has 4 heteroatoms. The molecule has 1 atom stereocenters. The Morgan fingerprint density at radius 2 is 1.82 bits per heavy atom. The molecule has 0 aliphatic carbocycles. The number of benzene rings is 2. The summed E-state index contributed by atoms with van der Waals surface area (Å²) < 4.78 is 0. The molecule has 0 fully saturated rings. The SMILES string of the molecule is Cc1ccc(CNC(=O)C(N)Cc2ccccc2)c(C)c1.Cl. The Labute approximate surface area is 138 Å². The minimum Gasteiger partial charge on any atom is -0.351 e. The van der Waals surface area contributed by atoms with E-state index in [1.54, 1.807) is 0 Å². The van der Waals surface area contributed by atoms with Crippen molar-refractivity contribution in [2.24, 2.45) is 5.73 Å². The predicted molar refractivity (Wildman–Crippen MR) is 93.1 cm³/mol. The first-order chi connectivity index (χ1) is 10.1. The Hall–Kier alpha value is -1.84. The van der Waals surface area contributed by atoms with Crippen LogP contribution in [0.1, 0.15) is 22.3 Å². The summed E-state index contributed by atoms with van der Waals surface area (Å²) in [6, 6.07) is 15.5. The number of nitrogens with two attached hydrogens (primary N) is 1. The van der Waals surface area contributed by atoms with Crippen LogP contribution < -0.4 is 11.1 Å². The predicted octanol–water partition coefficient (Wildman–Crippen LogP) is 2.91. The number of carbonyl (C=O) groups is 1. The maximum Gasteiger partial charge on any atom is 0.237 e. The minimum atomic E-state index is -0.516. The highest BCUT2D eigenvalue weighted by molar-refractivity contribution is 5.85.